The van der Waals surface area contributed by atoms with Crippen LogP contribution in [0.4, 0.5) is 5.69 Å². The molecular weight excluding hydrogens is 282 g/mol. The van der Waals surface area contributed by atoms with Gasteiger partial charge in [0.25, 0.3) is 0 Å². The Morgan fingerprint density at radius 3 is 2.76 bits per heavy atom. The summed E-state index contributed by atoms with van der Waals surface area (Å²) in [5.41, 5.74) is 7.08. The first-order valence-corrected chi connectivity index (χ1v) is 7.92. The van der Waals surface area contributed by atoms with Crippen LogP contribution in [-0.2, 0) is 4.79 Å². The van der Waals surface area contributed by atoms with E-state index < -0.39 is 0 Å². The fourth-order valence-corrected chi connectivity index (χ4v) is 2.50. The van der Waals surface area contributed by atoms with Gasteiger partial charge < -0.3 is 16.0 Å². The number of thiocarbonyl (C=S) groups is 1. The molecular formula is C16H23N3OS. The van der Waals surface area contributed by atoms with Gasteiger partial charge in [0.2, 0.25) is 5.91 Å². The third-order valence-corrected chi connectivity index (χ3v) is 4.00. The number of rotatable bonds is 8. The molecule has 1 aromatic carbocycles. The molecule has 0 heterocycles. The summed E-state index contributed by atoms with van der Waals surface area (Å²) in [6, 6.07) is 7.37. The summed E-state index contributed by atoms with van der Waals surface area (Å²) in [6.07, 6.45) is 3.17. The largest absolute Gasteiger partial charge is 0.389 e. The monoisotopic (exact) mass is 305 g/mol. The SMILES string of the molecule is CCN(CCC(=O)Nc1ccccc1C(N)=S)CC1CC1. The average molecular weight is 305 g/mol. The maximum atomic E-state index is 12.1. The number of hydrogen-bond acceptors (Lipinski definition) is 3. The van der Waals surface area contributed by atoms with Crippen molar-refractivity contribution in [1.29, 1.82) is 0 Å². The number of carbonyl (C=O) groups excluding carboxylic acids is 1. The maximum absolute atomic E-state index is 12.1. The molecule has 0 radical (unpaired) electrons. The molecule has 1 aliphatic carbocycles. The van der Waals surface area contributed by atoms with Crippen LogP contribution in [0.15, 0.2) is 24.3 Å². The van der Waals surface area contributed by atoms with Crippen LogP contribution in [0.3, 0.4) is 0 Å². The van der Waals surface area contributed by atoms with Crippen molar-refractivity contribution in [3.8, 4) is 0 Å². The highest BCUT2D eigenvalue weighted by atomic mass is 32.1. The summed E-state index contributed by atoms with van der Waals surface area (Å²) in [4.78, 5) is 14.7. The zero-order chi connectivity index (χ0) is 15.2. The van der Waals surface area contributed by atoms with Crippen molar-refractivity contribution in [2.24, 2.45) is 11.7 Å². The zero-order valence-electron chi connectivity index (χ0n) is 12.5. The van der Waals surface area contributed by atoms with E-state index in [0.29, 0.717) is 22.7 Å². The molecule has 0 bridgehead atoms. The van der Waals surface area contributed by atoms with E-state index in [9.17, 15) is 4.79 Å². The number of nitrogens with two attached hydrogens (primary N) is 1. The average Bonchev–Trinajstić information content (AvgIpc) is 3.27. The molecule has 0 aliphatic heterocycles. The molecule has 1 fully saturated rings. The van der Waals surface area contributed by atoms with E-state index >= 15 is 0 Å². The summed E-state index contributed by atoms with van der Waals surface area (Å²) in [5.74, 6) is 0.858. The van der Waals surface area contributed by atoms with Crippen molar-refractivity contribution in [3.05, 3.63) is 29.8 Å². The smallest absolute Gasteiger partial charge is 0.225 e. The lowest BCUT2D eigenvalue weighted by molar-refractivity contribution is -0.116. The van der Waals surface area contributed by atoms with E-state index in [0.717, 1.165) is 25.6 Å². The minimum Gasteiger partial charge on any atom is -0.389 e. The molecule has 114 valence electrons. The van der Waals surface area contributed by atoms with Gasteiger partial charge in [0.05, 0.1) is 5.69 Å². The molecule has 1 aliphatic rings. The van der Waals surface area contributed by atoms with Crippen LogP contribution < -0.4 is 11.1 Å². The first kappa shape index (κ1) is 15.9. The second-order valence-corrected chi connectivity index (χ2v) is 5.98. The number of benzene rings is 1. The Labute approximate surface area is 131 Å². The third-order valence-electron chi connectivity index (χ3n) is 3.78. The van der Waals surface area contributed by atoms with Crippen LogP contribution in [0.5, 0.6) is 0 Å². The Bertz CT molecular complexity index is 514. The fourth-order valence-electron chi connectivity index (χ4n) is 2.32. The second-order valence-electron chi connectivity index (χ2n) is 5.54. The number of nitrogens with one attached hydrogen (secondary N) is 1. The van der Waals surface area contributed by atoms with Crippen molar-refractivity contribution < 1.29 is 4.79 Å². The van der Waals surface area contributed by atoms with Gasteiger partial charge in [0, 0.05) is 25.1 Å². The van der Waals surface area contributed by atoms with Gasteiger partial charge in [-0.05, 0) is 37.4 Å². The van der Waals surface area contributed by atoms with Gasteiger partial charge in [-0.25, -0.2) is 0 Å². The quantitative estimate of drug-likeness (QED) is 0.724. The molecule has 0 atom stereocenters. The van der Waals surface area contributed by atoms with Gasteiger partial charge >= 0.3 is 0 Å². The molecule has 1 amide bonds. The highest BCUT2D eigenvalue weighted by molar-refractivity contribution is 7.80. The van der Waals surface area contributed by atoms with E-state index in [-0.39, 0.29) is 5.91 Å². The zero-order valence-corrected chi connectivity index (χ0v) is 13.3. The van der Waals surface area contributed by atoms with Gasteiger partial charge in [0.15, 0.2) is 0 Å². The predicted molar refractivity (Wildman–Crippen MR) is 90.4 cm³/mol. The molecule has 0 unspecified atom stereocenters. The highest BCUT2D eigenvalue weighted by Gasteiger charge is 2.23. The van der Waals surface area contributed by atoms with Crippen molar-refractivity contribution in [2.45, 2.75) is 26.2 Å². The number of amides is 1. The Morgan fingerprint density at radius 1 is 1.43 bits per heavy atom. The van der Waals surface area contributed by atoms with E-state index in [1.54, 1.807) is 0 Å². The summed E-state index contributed by atoms with van der Waals surface area (Å²) in [7, 11) is 0. The lowest BCUT2D eigenvalue weighted by Gasteiger charge is -2.19. The second kappa shape index (κ2) is 7.52. The van der Waals surface area contributed by atoms with Crippen molar-refractivity contribution in [1.82, 2.24) is 4.90 Å². The molecule has 4 nitrogen and oxygen atoms in total. The number of nitrogens with zero attached hydrogens (tertiary/aromatic N) is 1. The molecule has 0 saturated heterocycles. The van der Waals surface area contributed by atoms with Crippen LogP contribution in [0.25, 0.3) is 0 Å². The molecule has 3 N–H and O–H groups in total. The molecule has 5 heteroatoms. The first-order valence-electron chi connectivity index (χ1n) is 7.51. The molecule has 0 aromatic heterocycles. The van der Waals surface area contributed by atoms with E-state index in [2.05, 4.69) is 17.1 Å². The van der Waals surface area contributed by atoms with Crippen LogP contribution in [-0.4, -0.2) is 35.4 Å². The van der Waals surface area contributed by atoms with Crippen LogP contribution in [0.2, 0.25) is 0 Å². The number of anilines is 1. The van der Waals surface area contributed by atoms with Crippen molar-refractivity contribution >= 4 is 28.8 Å². The summed E-state index contributed by atoms with van der Waals surface area (Å²) < 4.78 is 0. The van der Waals surface area contributed by atoms with Crippen molar-refractivity contribution in [3.63, 3.8) is 0 Å². The maximum Gasteiger partial charge on any atom is 0.225 e. The Kier molecular flexibility index (Phi) is 5.70. The Balaban J connectivity index is 1.85. The standard InChI is InChI=1S/C16H23N3OS/c1-2-19(11-12-7-8-12)10-9-15(20)18-14-6-4-3-5-13(14)16(17)21/h3-6,12H,2,7-11H2,1H3,(H2,17,21)(H,18,20). The summed E-state index contributed by atoms with van der Waals surface area (Å²) >= 11 is 5.00. The number of para-hydroxylation sites is 1. The fraction of sp³-hybridized carbons (Fsp3) is 0.500. The van der Waals surface area contributed by atoms with Gasteiger partial charge in [-0.1, -0.05) is 31.3 Å². The molecule has 21 heavy (non-hydrogen) atoms. The predicted octanol–water partition coefficient (Wildman–Crippen LogP) is 2.38. The molecule has 1 aromatic rings. The number of hydrogen-bond donors (Lipinski definition) is 2. The third kappa shape index (κ3) is 5.10. The van der Waals surface area contributed by atoms with E-state index in [4.69, 9.17) is 18.0 Å². The van der Waals surface area contributed by atoms with Crippen LogP contribution in [0, 0.1) is 5.92 Å². The lowest BCUT2D eigenvalue weighted by Crippen LogP contribution is -2.30. The summed E-state index contributed by atoms with van der Waals surface area (Å²) in [5, 5.41) is 2.91. The normalized spacial score (nSPS) is 14.2. The van der Waals surface area contributed by atoms with E-state index in [1.165, 1.54) is 12.8 Å². The van der Waals surface area contributed by atoms with Gasteiger partial charge in [-0.15, -0.1) is 0 Å². The van der Waals surface area contributed by atoms with Crippen molar-refractivity contribution in [2.75, 3.05) is 25.0 Å². The van der Waals surface area contributed by atoms with Gasteiger partial charge in [0.1, 0.15) is 4.99 Å². The highest BCUT2D eigenvalue weighted by Crippen LogP contribution is 2.29. The molecule has 2 rings (SSSR count). The molecule has 0 spiro atoms. The Hall–Kier alpha value is -1.46. The Morgan fingerprint density at radius 2 is 2.14 bits per heavy atom. The molecule has 1 saturated carbocycles. The van der Waals surface area contributed by atoms with E-state index in [1.807, 2.05) is 24.3 Å². The van der Waals surface area contributed by atoms with Gasteiger partial charge in [-0.3, -0.25) is 4.79 Å². The lowest BCUT2D eigenvalue weighted by atomic mass is 10.1. The van der Waals surface area contributed by atoms with Gasteiger partial charge in [-0.2, -0.15) is 0 Å². The minimum atomic E-state index is 0.00736. The minimum absolute atomic E-state index is 0.00736. The van der Waals surface area contributed by atoms with Crippen LogP contribution in [0.1, 0.15) is 31.7 Å². The first-order chi connectivity index (χ1) is 10.1. The van der Waals surface area contributed by atoms with Crippen LogP contribution >= 0.6 is 12.2 Å². The summed E-state index contributed by atoms with van der Waals surface area (Å²) in [6.45, 7) is 5.05. The topological polar surface area (TPSA) is 58.4 Å². The number of carbonyl (C=O) groups is 1.